The number of aliphatic hydroxyl groups is 1. The molecule has 0 spiro atoms. The van der Waals surface area contributed by atoms with Crippen molar-refractivity contribution in [3.8, 4) is 0 Å². The van der Waals surface area contributed by atoms with Crippen LogP contribution in [-0.2, 0) is 0 Å². The maximum Gasteiger partial charge on any atom is 0.142 e. The number of aliphatic hydroxyl groups excluding tert-OH is 1. The summed E-state index contributed by atoms with van der Waals surface area (Å²) in [7, 11) is 0. The van der Waals surface area contributed by atoms with E-state index in [1.165, 1.54) is 12.8 Å². The van der Waals surface area contributed by atoms with Crippen molar-refractivity contribution in [2.45, 2.75) is 25.7 Å². The molecule has 1 aliphatic heterocycles. The lowest BCUT2D eigenvalue weighted by molar-refractivity contribution is 0.249. The average Bonchev–Trinajstić information content (AvgIpc) is 2.79. The van der Waals surface area contributed by atoms with Crippen molar-refractivity contribution < 1.29 is 5.11 Å². The Morgan fingerprint density at radius 2 is 2.26 bits per heavy atom. The maximum atomic E-state index is 9.07. The molecule has 0 radical (unpaired) electrons. The van der Waals surface area contributed by atoms with Crippen LogP contribution >= 0.6 is 0 Å². The van der Waals surface area contributed by atoms with Gasteiger partial charge in [0.2, 0.25) is 0 Å². The van der Waals surface area contributed by atoms with Gasteiger partial charge in [0.15, 0.2) is 0 Å². The van der Waals surface area contributed by atoms with Crippen LogP contribution in [-0.4, -0.2) is 39.8 Å². The first-order valence-electron chi connectivity index (χ1n) is 7.02. The van der Waals surface area contributed by atoms with Crippen molar-refractivity contribution in [1.82, 2.24) is 15.0 Å². The van der Waals surface area contributed by atoms with Crippen molar-refractivity contribution in [1.29, 1.82) is 0 Å². The topological polar surface area (TPSA) is 65.0 Å². The minimum atomic E-state index is 0.306. The van der Waals surface area contributed by atoms with E-state index in [0.29, 0.717) is 12.5 Å². The molecule has 19 heavy (non-hydrogen) atoms. The highest BCUT2D eigenvalue weighted by Gasteiger charge is 2.19. The van der Waals surface area contributed by atoms with Gasteiger partial charge in [-0.2, -0.15) is 0 Å². The zero-order valence-electron chi connectivity index (χ0n) is 11.0. The molecule has 2 aromatic heterocycles. The van der Waals surface area contributed by atoms with Crippen molar-refractivity contribution in [3.63, 3.8) is 0 Å². The molecule has 1 saturated heterocycles. The fraction of sp³-hybridized carbons (Fsp3) is 0.571. The Labute approximate surface area is 112 Å². The van der Waals surface area contributed by atoms with Crippen molar-refractivity contribution >= 4 is 16.9 Å². The molecule has 1 unspecified atom stereocenters. The van der Waals surface area contributed by atoms with E-state index in [1.807, 2.05) is 12.3 Å². The zero-order valence-corrected chi connectivity index (χ0v) is 11.0. The highest BCUT2D eigenvalue weighted by Crippen LogP contribution is 2.27. The Bertz CT molecular complexity index is 539. The molecule has 0 aliphatic carbocycles. The van der Waals surface area contributed by atoms with Gasteiger partial charge < -0.3 is 15.0 Å². The average molecular weight is 260 g/mol. The number of nitrogens with zero attached hydrogens (tertiary/aromatic N) is 3. The van der Waals surface area contributed by atoms with Crippen LogP contribution in [0.4, 0.5) is 5.82 Å². The number of hydrogen-bond donors (Lipinski definition) is 2. The van der Waals surface area contributed by atoms with E-state index >= 15 is 0 Å². The summed E-state index contributed by atoms with van der Waals surface area (Å²) in [6.07, 6.45) is 7.98. The molecular weight excluding hydrogens is 240 g/mol. The second-order valence-electron chi connectivity index (χ2n) is 5.23. The first-order chi connectivity index (χ1) is 9.38. The van der Waals surface area contributed by atoms with Crippen LogP contribution in [0.15, 0.2) is 18.6 Å². The lowest BCUT2D eigenvalue weighted by Crippen LogP contribution is -2.25. The van der Waals surface area contributed by atoms with E-state index in [9.17, 15) is 0 Å². The number of hydrogen-bond acceptors (Lipinski definition) is 4. The Hall–Kier alpha value is -1.62. The van der Waals surface area contributed by atoms with Gasteiger partial charge in [0.1, 0.15) is 17.8 Å². The number of anilines is 1. The molecule has 0 amide bonds. The summed E-state index contributed by atoms with van der Waals surface area (Å²) >= 11 is 0. The van der Waals surface area contributed by atoms with Crippen LogP contribution < -0.4 is 4.90 Å². The molecule has 0 saturated carbocycles. The van der Waals surface area contributed by atoms with Gasteiger partial charge in [-0.3, -0.25) is 0 Å². The van der Waals surface area contributed by atoms with Gasteiger partial charge in [0.25, 0.3) is 0 Å². The van der Waals surface area contributed by atoms with E-state index < -0.39 is 0 Å². The molecule has 3 rings (SSSR count). The van der Waals surface area contributed by atoms with Gasteiger partial charge in [-0.25, -0.2) is 9.97 Å². The molecular formula is C14H20N4O. The molecule has 1 aliphatic rings. The largest absolute Gasteiger partial charge is 0.396 e. The summed E-state index contributed by atoms with van der Waals surface area (Å²) in [5.74, 6) is 1.69. The fourth-order valence-corrected chi connectivity index (χ4v) is 2.96. The van der Waals surface area contributed by atoms with Gasteiger partial charge in [-0.1, -0.05) is 0 Å². The first kappa shape index (κ1) is 12.4. The van der Waals surface area contributed by atoms with Crippen molar-refractivity contribution in [2.75, 3.05) is 24.6 Å². The maximum absolute atomic E-state index is 9.07. The number of rotatable bonds is 3. The third-order valence-electron chi connectivity index (χ3n) is 4.02. The molecule has 5 heteroatoms. The predicted octanol–water partition coefficient (Wildman–Crippen LogP) is 1.95. The normalized spacial score (nSPS) is 20.7. The number of nitrogens with one attached hydrogen (secondary N) is 1. The predicted molar refractivity (Wildman–Crippen MR) is 75.1 cm³/mol. The quantitative estimate of drug-likeness (QED) is 0.885. The second kappa shape index (κ2) is 5.57. The van der Waals surface area contributed by atoms with Crippen LogP contribution in [0.1, 0.15) is 25.7 Å². The van der Waals surface area contributed by atoms with Gasteiger partial charge in [-0.15, -0.1) is 0 Å². The van der Waals surface area contributed by atoms with Crippen LogP contribution in [0.5, 0.6) is 0 Å². The standard InChI is InChI=1S/C14H20N4O/c19-9-5-11-2-1-7-18(8-4-11)14-12-3-6-15-13(12)16-10-17-14/h3,6,10-11,19H,1-2,4-5,7-9H2,(H,15,16,17). The summed E-state index contributed by atoms with van der Waals surface area (Å²) < 4.78 is 0. The monoisotopic (exact) mass is 260 g/mol. The number of fused-ring (bicyclic) bond motifs is 1. The molecule has 1 atom stereocenters. The minimum Gasteiger partial charge on any atom is -0.396 e. The van der Waals surface area contributed by atoms with Crippen molar-refractivity contribution in [2.24, 2.45) is 5.92 Å². The zero-order chi connectivity index (χ0) is 13.1. The molecule has 2 aromatic rings. The minimum absolute atomic E-state index is 0.306. The highest BCUT2D eigenvalue weighted by molar-refractivity contribution is 5.87. The molecule has 102 valence electrons. The highest BCUT2D eigenvalue weighted by atomic mass is 16.3. The Kier molecular flexibility index (Phi) is 3.64. The molecule has 5 nitrogen and oxygen atoms in total. The van der Waals surface area contributed by atoms with Crippen LogP contribution in [0.25, 0.3) is 11.0 Å². The van der Waals surface area contributed by atoms with E-state index in [1.54, 1.807) is 6.33 Å². The molecule has 3 heterocycles. The van der Waals surface area contributed by atoms with E-state index in [4.69, 9.17) is 5.11 Å². The van der Waals surface area contributed by atoms with Gasteiger partial charge in [0, 0.05) is 25.9 Å². The van der Waals surface area contributed by atoms with Gasteiger partial charge in [0.05, 0.1) is 5.39 Å². The summed E-state index contributed by atoms with van der Waals surface area (Å²) in [6, 6.07) is 2.04. The van der Waals surface area contributed by atoms with E-state index in [2.05, 4.69) is 19.9 Å². The van der Waals surface area contributed by atoms with Crippen molar-refractivity contribution in [3.05, 3.63) is 18.6 Å². The lowest BCUT2D eigenvalue weighted by Gasteiger charge is -2.22. The fourth-order valence-electron chi connectivity index (χ4n) is 2.96. The van der Waals surface area contributed by atoms with Gasteiger partial charge >= 0.3 is 0 Å². The third kappa shape index (κ3) is 2.56. The summed E-state index contributed by atoms with van der Waals surface area (Å²) in [4.78, 5) is 14.2. The number of aromatic nitrogens is 3. The van der Waals surface area contributed by atoms with E-state index in [0.717, 1.165) is 42.8 Å². The molecule has 0 bridgehead atoms. The summed E-state index contributed by atoms with van der Waals surface area (Å²) in [5, 5.41) is 10.2. The summed E-state index contributed by atoms with van der Waals surface area (Å²) in [6.45, 7) is 2.36. The molecule has 0 aromatic carbocycles. The van der Waals surface area contributed by atoms with Crippen LogP contribution in [0, 0.1) is 5.92 Å². The first-order valence-corrected chi connectivity index (χ1v) is 7.02. The van der Waals surface area contributed by atoms with Crippen LogP contribution in [0.2, 0.25) is 0 Å². The van der Waals surface area contributed by atoms with Gasteiger partial charge in [-0.05, 0) is 37.7 Å². The van der Waals surface area contributed by atoms with Crippen LogP contribution in [0.3, 0.4) is 0 Å². The number of aromatic amines is 1. The smallest absolute Gasteiger partial charge is 0.142 e. The van der Waals surface area contributed by atoms with E-state index in [-0.39, 0.29) is 0 Å². The Morgan fingerprint density at radius 3 is 3.16 bits per heavy atom. The third-order valence-corrected chi connectivity index (χ3v) is 4.02. The summed E-state index contributed by atoms with van der Waals surface area (Å²) in [5.41, 5.74) is 0.904. The number of H-pyrrole nitrogens is 1. The Morgan fingerprint density at radius 1 is 1.32 bits per heavy atom. The molecule has 1 fully saturated rings. The molecule has 2 N–H and O–H groups in total. The lowest BCUT2D eigenvalue weighted by atomic mass is 9.98. The SMILES string of the molecule is OCCC1CCCN(c2ncnc3[nH]ccc23)CC1. The Balaban J connectivity index is 1.80. The second-order valence-corrected chi connectivity index (χ2v) is 5.23.